The van der Waals surface area contributed by atoms with Crippen LogP contribution in [0.5, 0.6) is 5.75 Å². The molecule has 0 fully saturated rings. The standard InChI is InChI=1S/C21H27ClN8O4/c1-3-29-13-6-5-12(34-8-7-25-11-16(31)32)9-14(13)30(4-2)15(29)10-26-21(33)17-19(23)28-20(24)18(22)27-17/h5-6,9,25H,3-4,7-8,10-11H2,1-2H3,(H5-,23,24,26,28,31,32,33). The molecule has 0 unspecified atom stereocenters. The van der Waals surface area contributed by atoms with Crippen molar-refractivity contribution in [1.82, 2.24) is 25.2 Å². The van der Waals surface area contributed by atoms with Crippen molar-refractivity contribution >= 4 is 46.1 Å². The molecule has 0 spiro atoms. The van der Waals surface area contributed by atoms with Gasteiger partial charge >= 0.3 is 0 Å². The number of hydrogen-bond acceptors (Lipinski definition) is 9. The Balaban J connectivity index is 1.81. The van der Waals surface area contributed by atoms with Gasteiger partial charge in [-0.3, -0.25) is 4.79 Å². The van der Waals surface area contributed by atoms with Crippen molar-refractivity contribution in [3.8, 4) is 5.75 Å². The number of nitrogens with two attached hydrogens (primary N) is 2. The summed E-state index contributed by atoms with van der Waals surface area (Å²) in [7, 11) is 0. The molecule has 12 nitrogen and oxygen atoms in total. The SMILES string of the molecule is CCn1c(CNC(=O)c2nc(Cl)c(N)nc2N)[n+](CC)c2ccc(OCCNCC(=O)[O-])cc21. The first-order valence-electron chi connectivity index (χ1n) is 10.7. The second-order valence-electron chi connectivity index (χ2n) is 7.27. The lowest BCUT2D eigenvalue weighted by molar-refractivity contribution is -0.676. The summed E-state index contributed by atoms with van der Waals surface area (Å²) in [5, 5.41) is 15.9. The number of fused-ring (bicyclic) bond motifs is 1. The van der Waals surface area contributed by atoms with Gasteiger partial charge in [-0.05, 0) is 26.0 Å². The van der Waals surface area contributed by atoms with Gasteiger partial charge in [-0.2, -0.15) is 0 Å². The average molecular weight is 491 g/mol. The van der Waals surface area contributed by atoms with Crippen molar-refractivity contribution in [2.75, 3.05) is 31.2 Å². The molecule has 2 heterocycles. The van der Waals surface area contributed by atoms with Crippen LogP contribution in [0.25, 0.3) is 11.0 Å². The minimum Gasteiger partial charge on any atom is -0.549 e. The minimum absolute atomic E-state index is 0.0432. The van der Waals surface area contributed by atoms with E-state index in [0.29, 0.717) is 32.0 Å². The Morgan fingerprint density at radius 1 is 1.24 bits per heavy atom. The number of hydrogen-bond donors (Lipinski definition) is 4. The van der Waals surface area contributed by atoms with Gasteiger partial charge in [-0.15, -0.1) is 0 Å². The molecule has 0 saturated carbocycles. The Bertz CT molecular complexity index is 1210. The highest BCUT2D eigenvalue weighted by Gasteiger charge is 2.25. The number of nitrogens with one attached hydrogen (secondary N) is 2. The fourth-order valence-electron chi connectivity index (χ4n) is 3.64. The molecule has 0 aliphatic carbocycles. The number of halogens is 1. The number of nitrogen functional groups attached to an aromatic ring is 2. The molecule has 1 amide bonds. The summed E-state index contributed by atoms with van der Waals surface area (Å²) in [6, 6.07) is 5.71. The lowest BCUT2D eigenvalue weighted by atomic mass is 10.3. The first-order valence-corrected chi connectivity index (χ1v) is 11.1. The van der Waals surface area contributed by atoms with E-state index in [1.807, 2.05) is 32.0 Å². The molecule has 6 N–H and O–H groups in total. The Hall–Kier alpha value is -3.64. The fourth-order valence-corrected chi connectivity index (χ4v) is 3.77. The van der Waals surface area contributed by atoms with Gasteiger partial charge in [0.2, 0.25) is 0 Å². The number of carboxylic acid groups (broad SMARTS) is 1. The normalized spacial score (nSPS) is 11.0. The van der Waals surface area contributed by atoms with Crippen molar-refractivity contribution in [3.05, 3.63) is 34.9 Å². The minimum atomic E-state index is -1.17. The molecular weight excluding hydrogens is 464 g/mol. The van der Waals surface area contributed by atoms with Crippen LogP contribution in [0.3, 0.4) is 0 Å². The molecule has 0 saturated heterocycles. The number of aromatic nitrogens is 4. The first kappa shape index (κ1) is 25.0. The summed E-state index contributed by atoms with van der Waals surface area (Å²) < 4.78 is 9.92. The number of carbonyl (C=O) groups is 2. The Morgan fingerprint density at radius 3 is 2.68 bits per heavy atom. The molecule has 3 aromatic rings. The zero-order valence-corrected chi connectivity index (χ0v) is 19.7. The van der Waals surface area contributed by atoms with Crippen LogP contribution in [0.2, 0.25) is 5.15 Å². The van der Waals surface area contributed by atoms with Crippen molar-refractivity contribution in [2.24, 2.45) is 0 Å². The second-order valence-corrected chi connectivity index (χ2v) is 7.63. The van der Waals surface area contributed by atoms with E-state index in [0.717, 1.165) is 16.9 Å². The molecule has 0 radical (unpaired) electrons. The van der Waals surface area contributed by atoms with Crippen LogP contribution in [-0.2, 0) is 24.4 Å². The van der Waals surface area contributed by atoms with E-state index in [4.69, 9.17) is 27.8 Å². The van der Waals surface area contributed by atoms with Gasteiger partial charge in [0, 0.05) is 19.2 Å². The molecule has 0 aliphatic rings. The van der Waals surface area contributed by atoms with E-state index < -0.39 is 11.9 Å². The number of amides is 1. The van der Waals surface area contributed by atoms with Crippen molar-refractivity contribution < 1.29 is 24.0 Å². The van der Waals surface area contributed by atoms with Gasteiger partial charge in [0.05, 0.1) is 19.1 Å². The summed E-state index contributed by atoms with van der Waals surface area (Å²) in [5.41, 5.74) is 13.2. The van der Waals surface area contributed by atoms with Gasteiger partial charge in [0.25, 0.3) is 11.7 Å². The van der Waals surface area contributed by atoms with Crippen LogP contribution in [-0.4, -0.2) is 46.1 Å². The molecule has 34 heavy (non-hydrogen) atoms. The quantitative estimate of drug-likeness (QED) is 0.198. The van der Waals surface area contributed by atoms with Crippen molar-refractivity contribution in [2.45, 2.75) is 33.5 Å². The van der Waals surface area contributed by atoms with E-state index in [9.17, 15) is 14.7 Å². The maximum Gasteiger partial charge on any atom is 0.277 e. The third-order valence-electron chi connectivity index (χ3n) is 5.13. The first-order chi connectivity index (χ1) is 16.3. The number of carbonyl (C=O) groups excluding carboxylic acids is 2. The summed E-state index contributed by atoms with van der Waals surface area (Å²) in [4.78, 5) is 31.0. The predicted octanol–water partition coefficient (Wildman–Crippen LogP) is -0.775. The van der Waals surface area contributed by atoms with Crippen LogP contribution in [0.15, 0.2) is 18.2 Å². The highest BCUT2D eigenvalue weighted by atomic mass is 35.5. The van der Waals surface area contributed by atoms with Crippen LogP contribution >= 0.6 is 11.6 Å². The van der Waals surface area contributed by atoms with Crippen molar-refractivity contribution in [3.63, 3.8) is 0 Å². The maximum atomic E-state index is 12.7. The third-order valence-corrected chi connectivity index (χ3v) is 5.41. The van der Waals surface area contributed by atoms with Gasteiger partial charge in [0.1, 0.15) is 18.9 Å². The molecule has 0 atom stereocenters. The summed E-state index contributed by atoms with van der Waals surface area (Å²) in [6.45, 7) is 6.00. The fraction of sp³-hybridized carbons (Fsp3) is 0.381. The number of nitrogens with zero attached hydrogens (tertiary/aromatic N) is 4. The highest BCUT2D eigenvalue weighted by molar-refractivity contribution is 6.31. The zero-order valence-electron chi connectivity index (χ0n) is 18.9. The second kappa shape index (κ2) is 11.0. The average Bonchev–Trinajstić information content (AvgIpc) is 3.11. The summed E-state index contributed by atoms with van der Waals surface area (Å²) in [6.07, 6.45) is 0. The highest BCUT2D eigenvalue weighted by Crippen LogP contribution is 2.22. The van der Waals surface area contributed by atoms with Gasteiger partial charge < -0.3 is 36.7 Å². The van der Waals surface area contributed by atoms with E-state index in [2.05, 4.69) is 29.7 Å². The maximum absolute atomic E-state index is 12.7. The van der Waals surface area contributed by atoms with Crippen LogP contribution in [0.1, 0.15) is 30.2 Å². The Kier molecular flexibility index (Phi) is 8.08. The van der Waals surface area contributed by atoms with Gasteiger partial charge in [-0.25, -0.2) is 19.1 Å². The molecule has 1 aromatic carbocycles. The predicted molar refractivity (Wildman–Crippen MR) is 124 cm³/mol. The number of ether oxygens (including phenoxy) is 1. The van der Waals surface area contributed by atoms with Gasteiger partial charge in [-0.1, -0.05) is 11.6 Å². The number of carboxylic acids is 1. The van der Waals surface area contributed by atoms with Crippen LogP contribution in [0, 0.1) is 0 Å². The molecule has 2 aromatic heterocycles. The third kappa shape index (κ3) is 5.46. The number of benzene rings is 1. The van der Waals surface area contributed by atoms with Crippen LogP contribution < -0.4 is 36.5 Å². The molecule has 0 bridgehead atoms. The largest absolute Gasteiger partial charge is 0.549 e. The molecule has 182 valence electrons. The Morgan fingerprint density at radius 2 is 2.00 bits per heavy atom. The van der Waals surface area contributed by atoms with E-state index in [1.165, 1.54) is 0 Å². The number of anilines is 2. The van der Waals surface area contributed by atoms with E-state index in [1.54, 1.807) is 0 Å². The molecule has 3 rings (SSSR count). The number of aliphatic carboxylic acids is 1. The lowest BCUT2D eigenvalue weighted by Gasteiger charge is -2.08. The number of rotatable bonds is 11. The molecular formula is C21H27ClN8O4. The molecule has 0 aliphatic heterocycles. The van der Waals surface area contributed by atoms with E-state index in [-0.39, 0.29) is 35.6 Å². The lowest BCUT2D eigenvalue weighted by Crippen LogP contribution is -2.40. The van der Waals surface area contributed by atoms with Crippen molar-refractivity contribution in [1.29, 1.82) is 0 Å². The summed E-state index contributed by atoms with van der Waals surface area (Å²) >= 11 is 5.89. The topological polar surface area (TPSA) is 177 Å². The zero-order chi connectivity index (χ0) is 24.8. The molecule has 13 heteroatoms. The monoisotopic (exact) mass is 490 g/mol. The van der Waals surface area contributed by atoms with Gasteiger partial charge in [0.15, 0.2) is 33.5 Å². The smallest absolute Gasteiger partial charge is 0.277 e. The van der Waals surface area contributed by atoms with E-state index >= 15 is 0 Å². The number of imidazole rings is 1. The summed E-state index contributed by atoms with van der Waals surface area (Å²) in [5.74, 6) is -0.314. The number of aryl methyl sites for hydroxylation is 2. The Labute approximate surface area is 200 Å². The van der Waals surface area contributed by atoms with Crippen LogP contribution in [0.4, 0.5) is 11.6 Å².